The van der Waals surface area contributed by atoms with Crippen molar-refractivity contribution in [2.24, 2.45) is 0 Å². The van der Waals surface area contributed by atoms with Gasteiger partial charge in [-0.2, -0.15) is 0 Å². The van der Waals surface area contributed by atoms with Crippen LogP contribution in [0.25, 0.3) is 64.4 Å². The van der Waals surface area contributed by atoms with Crippen molar-refractivity contribution in [3.63, 3.8) is 0 Å². The fourth-order valence-corrected chi connectivity index (χ4v) is 14.3. The summed E-state index contributed by atoms with van der Waals surface area (Å²) in [5, 5.41) is 4.76. The first kappa shape index (κ1) is 43.8. The molecule has 7 heteroatoms. The van der Waals surface area contributed by atoms with Crippen LogP contribution in [-0.2, 0) is 17.3 Å². The average molecular weight is 979 g/mol. The minimum atomic E-state index is -0.307. The van der Waals surface area contributed by atoms with Gasteiger partial charge in [0.25, 0.3) is 0 Å². The van der Waals surface area contributed by atoms with E-state index in [2.05, 4.69) is 191 Å². The Kier molecular flexibility index (Phi) is 9.40. The summed E-state index contributed by atoms with van der Waals surface area (Å²) in [5.41, 5.74) is 20.2. The van der Waals surface area contributed by atoms with E-state index in [0.717, 1.165) is 76.6 Å². The molecule has 0 atom stereocenters. The van der Waals surface area contributed by atoms with Crippen LogP contribution in [0.4, 0.5) is 28.4 Å². The molecule has 0 N–H and O–H groups in total. The zero-order valence-corrected chi connectivity index (χ0v) is 43.5. The van der Waals surface area contributed by atoms with Gasteiger partial charge in [0.2, 0.25) is 0 Å². The van der Waals surface area contributed by atoms with Crippen molar-refractivity contribution >= 4 is 99.7 Å². The Morgan fingerprint density at radius 3 is 2.04 bits per heavy atom. The van der Waals surface area contributed by atoms with Crippen LogP contribution in [0.1, 0.15) is 82.6 Å². The second-order valence-corrected chi connectivity index (χ2v) is 23.6. The predicted molar refractivity (Wildman–Crippen MR) is 311 cm³/mol. The van der Waals surface area contributed by atoms with Gasteiger partial charge in [0.1, 0.15) is 11.2 Å². The van der Waals surface area contributed by atoms with E-state index in [1.165, 1.54) is 81.5 Å². The van der Waals surface area contributed by atoms with E-state index in [9.17, 15) is 0 Å². The Balaban J connectivity index is 1.12. The highest BCUT2D eigenvalue weighted by Crippen LogP contribution is 2.57. The number of hydrogen-bond donors (Lipinski definition) is 0. The number of para-hydroxylation sites is 3. The quantitative estimate of drug-likeness (QED) is 0.155. The van der Waals surface area contributed by atoms with E-state index in [0.29, 0.717) is 23.0 Å². The van der Waals surface area contributed by atoms with Crippen molar-refractivity contribution in [2.45, 2.75) is 84.5 Å². The number of benzene rings is 9. The monoisotopic (exact) mass is 978 g/mol. The molecule has 0 spiro atoms. The topological polar surface area (TPSA) is 38.1 Å². The second-order valence-electron chi connectivity index (χ2n) is 22.5. The molecular formula is C67H55BN2O3S. The number of ether oxygens (including phenoxy) is 2. The van der Waals surface area contributed by atoms with Gasteiger partial charge in [-0.3, -0.25) is 0 Å². The van der Waals surface area contributed by atoms with Crippen molar-refractivity contribution in [3.05, 3.63) is 186 Å². The van der Waals surface area contributed by atoms with Gasteiger partial charge in [0.15, 0.2) is 23.0 Å². The maximum absolute atomic E-state index is 6.95. The van der Waals surface area contributed by atoms with Crippen LogP contribution in [-0.4, -0.2) is 6.85 Å². The van der Waals surface area contributed by atoms with E-state index in [1.807, 2.05) is 35.6 Å². The third-order valence-corrected chi connectivity index (χ3v) is 18.2. The van der Waals surface area contributed by atoms with Gasteiger partial charge in [-0.05, 0) is 143 Å². The number of hydrogen-bond acceptors (Lipinski definition) is 6. The van der Waals surface area contributed by atoms with Crippen LogP contribution < -0.4 is 30.1 Å². The number of aryl methyl sites for hydroxylation is 2. The number of thiophene rings is 1. The van der Waals surface area contributed by atoms with Gasteiger partial charge in [-0.25, -0.2) is 0 Å². The summed E-state index contributed by atoms with van der Waals surface area (Å²) in [6, 6.07) is 60.7. The summed E-state index contributed by atoms with van der Waals surface area (Å²) >= 11 is 1.91. The Morgan fingerprint density at radius 1 is 0.554 bits per heavy atom. The van der Waals surface area contributed by atoms with Crippen molar-refractivity contribution in [3.8, 4) is 45.3 Å². The van der Waals surface area contributed by atoms with Gasteiger partial charge >= 0.3 is 6.85 Å². The lowest BCUT2D eigenvalue weighted by Crippen LogP contribution is -2.61. The largest absolute Gasteiger partial charge is 0.456 e. The molecule has 15 rings (SSSR count). The van der Waals surface area contributed by atoms with Crippen LogP contribution >= 0.6 is 11.3 Å². The summed E-state index contributed by atoms with van der Waals surface area (Å²) in [6.07, 6.45) is 5.56. The van der Waals surface area contributed by atoms with Crippen LogP contribution in [0.15, 0.2) is 168 Å². The predicted octanol–water partition coefficient (Wildman–Crippen LogP) is 18.2. The lowest BCUT2D eigenvalue weighted by Gasteiger charge is -2.47. The highest BCUT2D eigenvalue weighted by Gasteiger charge is 2.49. The summed E-state index contributed by atoms with van der Waals surface area (Å²) in [6.45, 7) is 14.0. The highest BCUT2D eigenvalue weighted by atomic mass is 32.1. The Labute approximate surface area is 436 Å². The molecule has 1 aliphatic carbocycles. The molecule has 0 unspecified atom stereocenters. The highest BCUT2D eigenvalue weighted by molar-refractivity contribution is 7.26. The van der Waals surface area contributed by atoms with Crippen LogP contribution in [0.5, 0.6) is 23.0 Å². The molecule has 0 saturated carbocycles. The number of rotatable bonds is 6. The molecule has 74 heavy (non-hydrogen) atoms. The van der Waals surface area contributed by atoms with Crippen molar-refractivity contribution in [1.82, 2.24) is 0 Å². The molecule has 5 heterocycles. The molecular weight excluding hydrogens is 924 g/mol. The number of furan rings is 1. The first-order valence-corrected chi connectivity index (χ1v) is 27.3. The van der Waals surface area contributed by atoms with Crippen molar-refractivity contribution < 1.29 is 13.9 Å². The molecule has 2 aromatic heterocycles. The lowest BCUT2D eigenvalue weighted by atomic mass is 9.43. The Bertz CT molecular complexity index is 4180. The van der Waals surface area contributed by atoms with E-state index < -0.39 is 0 Å². The lowest BCUT2D eigenvalue weighted by molar-refractivity contribution is 0.332. The second kappa shape index (κ2) is 15.9. The van der Waals surface area contributed by atoms with Gasteiger partial charge in [-0.15, -0.1) is 11.3 Å². The fourth-order valence-electron chi connectivity index (χ4n) is 13.1. The molecule has 0 saturated heterocycles. The van der Waals surface area contributed by atoms with E-state index >= 15 is 0 Å². The number of unbranched alkanes of at least 4 members (excludes halogenated alkanes) is 1. The van der Waals surface area contributed by atoms with Crippen molar-refractivity contribution in [1.29, 1.82) is 0 Å². The molecule has 0 fully saturated rings. The summed E-state index contributed by atoms with van der Waals surface area (Å²) in [5.74, 6) is 2.83. The molecule has 9 aromatic carbocycles. The SMILES string of the molecule is CCCCc1ccc(N2B3c4cc5c(cc4N(c4cc6c(cc4C)C(C)(C)CCC6(C)C)c4cc6c(sc7ccccc76)c(c43)-c3cc4c(cc32)oc2ccccc24)Oc2ccccc2O5)c(-c2ccccc2)c1. The number of nitrogens with zero attached hydrogens (tertiary/aromatic N) is 2. The first-order valence-electron chi connectivity index (χ1n) is 26.5. The Hall–Kier alpha value is -7.74. The molecule has 5 nitrogen and oxygen atoms in total. The van der Waals surface area contributed by atoms with E-state index in [4.69, 9.17) is 13.9 Å². The molecule has 0 bridgehead atoms. The normalized spacial score (nSPS) is 15.6. The van der Waals surface area contributed by atoms with Crippen molar-refractivity contribution in [2.75, 3.05) is 9.71 Å². The Morgan fingerprint density at radius 2 is 1.26 bits per heavy atom. The minimum Gasteiger partial charge on any atom is -0.456 e. The van der Waals surface area contributed by atoms with E-state index in [-0.39, 0.29) is 17.7 Å². The molecule has 11 aromatic rings. The molecule has 3 aliphatic heterocycles. The summed E-state index contributed by atoms with van der Waals surface area (Å²) in [7, 11) is 0. The maximum atomic E-state index is 6.95. The molecule has 0 amide bonds. The van der Waals surface area contributed by atoms with Crippen LogP contribution in [0.2, 0.25) is 0 Å². The third kappa shape index (κ3) is 6.35. The zero-order valence-electron chi connectivity index (χ0n) is 42.7. The standard InChI is InChI=1S/C67H55BN2O3S/c1-7-8-18-40-27-28-51(44(32-40)41-19-10-9-11-20-41)70-53-37-59-45(42-21-12-14-23-56(42)71-59)33-47(53)63-64-55(34-46-43-22-13-17-26-62(43)74-65(46)63)69(52-35-49-48(31-39(52)2)66(3,4)29-30-67(49,5)6)54-38-61-60(36-50(54)68(64)70)72-57-24-15-16-25-58(57)73-61/h9-17,19-28,31-38H,7-8,18,29-30H2,1-6H3. The zero-order chi connectivity index (χ0) is 49.8. The van der Waals surface area contributed by atoms with Gasteiger partial charge in [0, 0.05) is 88.2 Å². The van der Waals surface area contributed by atoms with E-state index in [1.54, 1.807) is 0 Å². The number of fused-ring (bicyclic) bond motifs is 14. The van der Waals surface area contributed by atoms with Gasteiger partial charge in [0.05, 0.1) is 0 Å². The first-order chi connectivity index (χ1) is 36.0. The average Bonchev–Trinajstić information content (AvgIpc) is 4.12. The summed E-state index contributed by atoms with van der Waals surface area (Å²) in [4.78, 5) is 5.26. The van der Waals surface area contributed by atoms with Crippen LogP contribution in [0.3, 0.4) is 0 Å². The fraction of sp³-hybridized carbons (Fsp3) is 0.194. The molecule has 360 valence electrons. The molecule has 4 aliphatic rings. The van der Waals surface area contributed by atoms with Crippen LogP contribution in [0, 0.1) is 6.92 Å². The minimum absolute atomic E-state index is 0.0104. The van der Waals surface area contributed by atoms with Gasteiger partial charge < -0.3 is 23.6 Å². The number of anilines is 5. The summed E-state index contributed by atoms with van der Waals surface area (Å²) < 4.78 is 23.3. The molecule has 0 radical (unpaired) electrons. The van der Waals surface area contributed by atoms with Gasteiger partial charge in [-0.1, -0.05) is 132 Å². The maximum Gasteiger partial charge on any atom is 0.333 e. The smallest absolute Gasteiger partial charge is 0.333 e. The third-order valence-electron chi connectivity index (χ3n) is 17.0.